The summed E-state index contributed by atoms with van der Waals surface area (Å²) in [7, 11) is 4.10. The predicted molar refractivity (Wildman–Crippen MR) is 122 cm³/mol. The molecule has 0 bridgehead atoms. The van der Waals surface area contributed by atoms with Crippen molar-refractivity contribution < 1.29 is 0 Å². The van der Waals surface area contributed by atoms with Crippen molar-refractivity contribution in [1.82, 2.24) is 0 Å². The Kier molecular flexibility index (Phi) is 4.37. The average molecular weight is 389 g/mol. The van der Waals surface area contributed by atoms with Crippen LogP contribution < -0.4 is 0 Å². The lowest BCUT2D eigenvalue weighted by Gasteiger charge is -2.13. The van der Waals surface area contributed by atoms with Gasteiger partial charge in [0, 0.05) is 20.9 Å². The van der Waals surface area contributed by atoms with Gasteiger partial charge in [-0.15, -0.1) is 0 Å². The van der Waals surface area contributed by atoms with Crippen LogP contribution in [0.3, 0.4) is 0 Å². The highest BCUT2D eigenvalue weighted by molar-refractivity contribution is 9.18. The van der Waals surface area contributed by atoms with E-state index in [4.69, 9.17) is 0 Å². The molecule has 0 aliphatic carbocycles. The number of hydrogen-bond donors (Lipinski definition) is 0. The number of allylic oxidation sites excluding steroid dienone is 2. The van der Waals surface area contributed by atoms with E-state index >= 15 is 0 Å². The first-order valence-corrected chi connectivity index (χ1v) is 12.5. The van der Waals surface area contributed by atoms with Crippen LogP contribution >= 0.6 is 30.1 Å². The molecule has 126 valence electrons. The first-order valence-electron chi connectivity index (χ1n) is 8.50. The van der Waals surface area contributed by atoms with Crippen LogP contribution in [-0.2, 0) is 0 Å². The minimum atomic E-state index is 0.124. The van der Waals surface area contributed by atoms with E-state index in [1.165, 1.54) is 37.6 Å². The first kappa shape index (κ1) is 16.2. The smallest absolute Gasteiger partial charge is 0.0360 e. The Bertz CT molecular complexity index is 1050. The SMILES string of the molecule is C1=C(c2ccccc2)C2=S(S1)SC(c1ccccc1)=C2c1ccccc1. The summed E-state index contributed by atoms with van der Waals surface area (Å²) in [6.07, 6.45) is 0. The van der Waals surface area contributed by atoms with E-state index in [0.717, 1.165) is 0 Å². The van der Waals surface area contributed by atoms with Gasteiger partial charge in [0.05, 0.1) is 0 Å². The van der Waals surface area contributed by atoms with Crippen molar-refractivity contribution >= 4 is 51.1 Å². The molecule has 0 nitrogen and oxygen atoms in total. The highest BCUT2D eigenvalue weighted by atomic mass is 33.5. The van der Waals surface area contributed by atoms with E-state index in [9.17, 15) is 0 Å². The number of rotatable bonds is 3. The third-order valence-electron chi connectivity index (χ3n) is 4.46. The molecule has 3 heteroatoms. The largest absolute Gasteiger partial charge is 0.0622 e. The standard InChI is InChI=1S/C23H16S3/c1-4-10-17(11-5-1)20-16-24-26-23(20)21(18-12-6-2-7-13-18)22(25-26)19-14-8-3-9-15-19/h1-16H. The van der Waals surface area contributed by atoms with Gasteiger partial charge in [0.25, 0.3) is 0 Å². The van der Waals surface area contributed by atoms with Gasteiger partial charge < -0.3 is 0 Å². The molecule has 0 N–H and O–H groups in total. The molecule has 0 radical (unpaired) electrons. The van der Waals surface area contributed by atoms with Crippen molar-refractivity contribution in [2.75, 3.05) is 0 Å². The minimum absolute atomic E-state index is 0.124. The predicted octanol–water partition coefficient (Wildman–Crippen LogP) is 7.36. The van der Waals surface area contributed by atoms with E-state index in [0.29, 0.717) is 0 Å². The number of hydrogen-bond acceptors (Lipinski definition) is 2. The van der Waals surface area contributed by atoms with Gasteiger partial charge in [-0.3, -0.25) is 0 Å². The lowest BCUT2D eigenvalue weighted by molar-refractivity contribution is 1.62. The van der Waals surface area contributed by atoms with Crippen LogP contribution in [0, 0.1) is 0 Å². The summed E-state index contributed by atoms with van der Waals surface area (Å²) in [6, 6.07) is 32.5. The molecule has 0 aromatic heterocycles. The maximum absolute atomic E-state index is 2.35. The second kappa shape index (κ2) is 6.99. The normalized spacial score (nSPS) is 18.8. The molecule has 2 aliphatic heterocycles. The molecule has 0 amide bonds. The molecule has 0 fully saturated rings. The molecule has 0 spiro atoms. The molecular formula is C23H16S3. The van der Waals surface area contributed by atoms with Gasteiger partial charge in [0.2, 0.25) is 0 Å². The minimum Gasteiger partial charge on any atom is -0.0622 e. The van der Waals surface area contributed by atoms with Crippen LogP contribution in [0.2, 0.25) is 0 Å². The Hall–Kier alpha value is -1.94. The van der Waals surface area contributed by atoms with Crippen molar-refractivity contribution in [2.45, 2.75) is 0 Å². The lowest BCUT2D eigenvalue weighted by atomic mass is 9.93. The van der Waals surface area contributed by atoms with E-state index < -0.39 is 0 Å². The van der Waals surface area contributed by atoms with E-state index in [2.05, 4.69) is 96.4 Å². The second-order valence-electron chi connectivity index (χ2n) is 6.08. The Morgan fingerprint density at radius 2 is 1.12 bits per heavy atom. The van der Waals surface area contributed by atoms with Crippen LogP contribution in [0.15, 0.2) is 96.4 Å². The van der Waals surface area contributed by atoms with Crippen LogP contribution in [0.5, 0.6) is 0 Å². The Balaban J connectivity index is 1.71. The van der Waals surface area contributed by atoms with Gasteiger partial charge in [0.1, 0.15) is 0 Å². The summed E-state index contributed by atoms with van der Waals surface area (Å²) in [5, 5.41) is 2.35. The molecule has 1 unspecified atom stereocenters. The zero-order valence-corrected chi connectivity index (χ0v) is 16.4. The summed E-state index contributed by atoms with van der Waals surface area (Å²) in [5.41, 5.74) is 6.74. The molecule has 0 saturated carbocycles. The third kappa shape index (κ3) is 2.81. The second-order valence-corrected chi connectivity index (χ2v) is 11.7. The Morgan fingerprint density at radius 3 is 1.73 bits per heavy atom. The zero-order chi connectivity index (χ0) is 17.3. The lowest BCUT2D eigenvalue weighted by Crippen LogP contribution is -2.02. The zero-order valence-electron chi connectivity index (χ0n) is 14.0. The summed E-state index contributed by atoms with van der Waals surface area (Å²) >= 11 is 0. The molecule has 3 aromatic rings. The first-order chi connectivity index (χ1) is 12.9. The maximum atomic E-state index is 2.35. The average Bonchev–Trinajstić information content (AvgIpc) is 3.29. The van der Waals surface area contributed by atoms with Crippen LogP contribution in [-0.4, -0.2) is 4.86 Å². The van der Waals surface area contributed by atoms with Crippen molar-refractivity contribution in [3.05, 3.63) is 113 Å². The Morgan fingerprint density at radius 1 is 0.577 bits per heavy atom. The fourth-order valence-electron chi connectivity index (χ4n) is 3.25. The molecule has 1 atom stereocenters. The van der Waals surface area contributed by atoms with Crippen molar-refractivity contribution in [3.63, 3.8) is 0 Å². The quantitative estimate of drug-likeness (QED) is 0.339. The van der Waals surface area contributed by atoms with Gasteiger partial charge in [0.15, 0.2) is 0 Å². The molecule has 2 heterocycles. The fraction of sp³-hybridized carbons (Fsp3) is 0. The molecule has 3 aromatic carbocycles. The van der Waals surface area contributed by atoms with Gasteiger partial charge in [-0.2, -0.15) is 0 Å². The third-order valence-corrected chi connectivity index (χ3v) is 10.6. The van der Waals surface area contributed by atoms with Gasteiger partial charge in [-0.1, -0.05) is 121 Å². The molecule has 2 aliphatic rings. The fourth-order valence-corrected chi connectivity index (χ4v) is 10.0. The summed E-state index contributed by atoms with van der Waals surface area (Å²) in [4.78, 5) is 2.90. The van der Waals surface area contributed by atoms with Gasteiger partial charge >= 0.3 is 0 Å². The molecule has 26 heavy (non-hydrogen) atoms. The summed E-state index contributed by atoms with van der Waals surface area (Å²) < 4.78 is 0. The number of benzene rings is 3. The van der Waals surface area contributed by atoms with Gasteiger partial charge in [-0.05, 0) is 22.1 Å². The van der Waals surface area contributed by atoms with Crippen LogP contribution in [0.1, 0.15) is 16.7 Å². The van der Waals surface area contributed by atoms with Crippen molar-refractivity contribution in [2.24, 2.45) is 0 Å². The molecule has 5 rings (SSSR count). The van der Waals surface area contributed by atoms with E-state index in [-0.39, 0.29) is 8.55 Å². The van der Waals surface area contributed by atoms with E-state index in [1.807, 2.05) is 21.6 Å². The Labute approximate surface area is 163 Å². The van der Waals surface area contributed by atoms with E-state index in [1.54, 1.807) is 0 Å². The van der Waals surface area contributed by atoms with Crippen molar-refractivity contribution in [1.29, 1.82) is 0 Å². The van der Waals surface area contributed by atoms with Gasteiger partial charge in [-0.25, -0.2) is 0 Å². The topological polar surface area (TPSA) is 0 Å². The molecular weight excluding hydrogens is 372 g/mol. The maximum Gasteiger partial charge on any atom is 0.0360 e. The highest BCUT2D eigenvalue weighted by Crippen LogP contribution is 2.65. The highest BCUT2D eigenvalue weighted by Gasteiger charge is 2.33. The summed E-state index contributed by atoms with van der Waals surface area (Å²) in [6.45, 7) is 0. The van der Waals surface area contributed by atoms with Crippen LogP contribution in [0.4, 0.5) is 0 Å². The van der Waals surface area contributed by atoms with Crippen molar-refractivity contribution in [3.8, 4) is 0 Å². The molecule has 0 saturated heterocycles. The van der Waals surface area contributed by atoms with Crippen LogP contribution in [0.25, 0.3) is 16.1 Å². The monoisotopic (exact) mass is 388 g/mol. The summed E-state index contributed by atoms with van der Waals surface area (Å²) in [5.74, 6) is 0.